The van der Waals surface area contributed by atoms with Crippen LogP contribution in [0, 0.1) is 0 Å². The average Bonchev–Trinajstić information content (AvgIpc) is 3.06. The van der Waals surface area contributed by atoms with Gasteiger partial charge in [0.05, 0.1) is 17.6 Å². The van der Waals surface area contributed by atoms with Crippen molar-refractivity contribution in [2.75, 3.05) is 27.3 Å². The van der Waals surface area contributed by atoms with Gasteiger partial charge in [0.2, 0.25) is 0 Å². The molecular formula is C21H28N2O6. The number of hydrogen-bond acceptors (Lipinski definition) is 7. The van der Waals surface area contributed by atoms with Gasteiger partial charge in [-0.1, -0.05) is 6.07 Å². The zero-order valence-corrected chi connectivity index (χ0v) is 16.7. The van der Waals surface area contributed by atoms with E-state index in [4.69, 9.17) is 9.47 Å². The van der Waals surface area contributed by atoms with E-state index in [1.807, 2.05) is 6.07 Å². The van der Waals surface area contributed by atoms with E-state index in [-0.39, 0.29) is 23.9 Å². The fourth-order valence-electron chi connectivity index (χ4n) is 6.77. The highest BCUT2D eigenvalue weighted by Crippen LogP contribution is 2.66. The summed E-state index contributed by atoms with van der Waals surface area (Å²) in [6, 6.07) is 2.53. The standard InChI is InChI=1S/C21H28N2O6/c1-23-8-7-20-16-11-3-4-14(25)17(16)29-18(20)12(22-13(10-24)19(26)27)5-6-21(20,28-2)15(23)9-11/h3-4,12-13,15,18,22,24-25H,5-10H2,1-2H3,(H,26,27)/t12-,13+,15?,18+,20?,21-/m1/s1. The zero-order valence-electron chi connectivity index (χ0n) is 16.7. The number of carboxylic acids is 1. The van der Waals surface area contributed by atoms with Crippen molar-refractivity contribution in [2.45, 2.75) is 60.9 Å². The van der Waals surface area contributed by atoms with Crippen molar-refractivity contribution in [2.24, 2.45) is 0 Å². The van der Waals surface area contributed by atoms with Crippen LogP contribution in [0.3, 0.4) is 0 Å². The lowest BCUT2D eigenvalue weighted by Gasteiger charge is -2.65. The van der Waals surface area contributed by atoms with Crippen LogP contribution in [0.2, 0.25) is 0 Å². The van der Waals surface area contributed by atoms with Crippen LogP contribution in [0.4, 0.5) is 0 Å². The highest BCUT2D eigenvalue weighted by atomic mass is 16.5. The molecule has 8 nitrogen and oxygen atoms in total. The van der Waals surface area contributed by atoms with Crippen LogP contribution >= 0.6 is 0 Å². The molecule has 0 aromatic heterocycles. The molecule has 2 fully saturated rings. The minimum atomic E-state index is -1.09. The Morgan fingerprint density at radius 1 is 1.45 bits per heavy atom. The highest BCUT2D eigenvalue weighted by Gasteiger charge is 2.73. The molecule has 2 heterocycles. The first-order chi connectivity index (χ1) is 13.9. The molecule has 1 aromatic rings. The predicted molar refractivity (Wildman–Crippen MR) is 103 cm³/mol. The lowest BCUT2D eigenvalue weighted by Crippen LogP contribution is -2.78. The van der Waals surface area contributed by atoms with Crippen molar-refractivity contribution in [1.29, 1.82) is 0 Å². The number of aliphatic hydroxyl groups is 1. The third-order valence-electron chi connectivity index (χ3n) is 7.95. The number of benzene rings is 1. The van der Waals surface area contributed by atoms with Gasteiger partial charge in [-0.25, -0.2) is 0 Å². The van der Waals surface area contributed by atoms with Gasteiger partial charge in [-0.3, -0.25) is 10.1 Å². The number of methoxy groups -OCH3 is 1. The van der Waals surface area contributed by atoms with Crippen LogP contribution in [-0.4, -0.2) is 83.3 Å². The SMILES string of the molecule is CO[C@@]12CC[C@@H](N[C@@H](CO)C(=O)O)[C@@H]3Oc4c(O)ccc5c4C31CCN(C)C2C5. The summed E-state index contributed by atoms with van der Waals surface area (Å²) in [5.74, 6) is -0.454. The van der Waals surface area contributed by atoms with E-state index >= 15 is 0 Å². The number of nitrogens with zero attached hydrogens (tertiary/aromatic N) is 1. The summed E-state index contributed by atoms with van der Waals surface area (Å²) in [4.78, 5) is 13.9. The van der Waals surface area contributed by atoms with E-state index in [0.717, 1.165) is 31.4 Å². The van der Waals surface area contributed by atoms with Gasteiger partial charge >= 0.3 is 5.97 Å². The van der Waals surface area contributed by atoms with E-state index < -0.39 is 29.6 Å². The van der Waals surface area contributed by atoms with Crippen molar-refractivity contribution >= 4 is 5.97 Å². The number of piperidine rings is 1. The predicted octanol–water partition coefficient (Wildman–Crippen LogP) is 0.234. The van der Waals surface area contributed by atoms with Crippen molar-refractivity contribution in [3.63, 3.8) is 0 Å². The molecule has 5 rings (SSSR count). The zero-order chi connectivity index (χ0) is 20.6. The molecule has 158 valence electrons. The molecule has 8 heteroatoms. The highest BCUT2D eigenvalue weighted by molar-refractivity contribution is 5.73. The second-order valence-electron chi connectivity index (χ2n) is 8.89. The van der Waals surface area contributed by atoms with Crippen molar-refractivity contribution in [3.05, 3.63) is 23.3 Å². The third-order valence-corrected chi connectivity index (χ3v) is 7.95. The molecule has 2 aliphatic carbocycles. The largest absolute Gasteiger partial charge is 0.504 e. The van der Waals surface area contributed by atoms with Gasteiger partial charge in [-0.2, -0.15) is 0 Å². The first-order valence-corrected chi connectivity index (χ1v) is 10.3. The van der Waals surface area contributed by atoms with E-state index in [1.165, 1.54) is 5.56 Å². The molecule has 1 saturated heterocycles. The van der Waals surface area contributed by atoms with E-state index in [2.05, 4.69) is 17.3 Å². The Morgan fingerprint density at radius 2 is 2.24 bits per heavy atom. The molecule has 1 spiro atoms. The van der Waals surface area contributed by atoms with Crippen LogP contribution in [0.1, 0.15) is 30.4 Å². The molecule has 6 atom stereocenters. The molecule has 2 aliphatic heterocycles. The number of aliphatic carboxylic acids is 1. The van der Waals surface area contributed by atoms with Crippen LogP contribution in [0.5, 0.6) is 11.5 Å². The van der Waals surface area contributed by atoms with Gasteiger partial charge in [-0.05, 0) is 50.9 Å². The first kappa shape index (κ1) is 19.1. The number of likely N-dealkylation sites (tertiary alicyclic amines) is 1. The number of rotatable bonds is 5. The minimum absolute atomic E-state index is 0.116. The number of hydrogen-bond donors (Lipinski definition) is 4. The maximum Gasteiger partial charge on any atom is 0.323 e. The molecule has 1 aromatic carbocycles. The van der Waals surface area contributed by atoms with Gasteiger partial charge < -0.3 is 29.7 Å². The van der Waals surface area contributed by atoms with Crippen molar-refractivity contribution in [1.82, 2.24) is 10.2 Å². The quantitative estimate of drug-likeness (QED) is 0.552. The van der Waals surface area contributed by atoms with Crippen molar-refractivity contribution < 1.29 is 29.6 Å². The Hall–Kier alpha value is -1.87. The minimum Gasteiger partial charge on any atom is -0.504 e. The fourth-order valence-corrected chi connectivity index (χ4v) is 6.77. The molecule has 1 saturated carbocycles. The van der Waals surface area contributed by atoms with Gasteiger partial charge in [0, 0.05) is 24.8 Å². The van der Waals surface area contributed by atoms with Crippen LogP contribution in [-0.2, 0) is 21.4 Å². The Kier molecular flexibility index (Phi) is 4.16. The molecule has 29 heavy (non-hydrogen) atoms. The van der Waals surface area contributed by atoms with E-state index in [1.54, 1.807) is 13.2 Å². The maximum atomic E-state index is 11.5. The topological polar surface area (TPSA) is 111 Å². The number of phenols is 1. The second kappa shape index (κ2) is 6.31. The summed E-state index contributed by atoms with van der Waals surface area (Å²) >= 11 is 0. The normalized spacial score (nSPS) is 38.2. The number of nitrogens with one attached hydrogen (secondary N) is 1. The van der Waals surface area contributed by atoms with Gasteiger partial charge in [0.1, 0.15) is 12.1 Å². The van der Waals surface area contributed by atoms with Gasteiger partial charge in [-0.15, -0.1) is 0 Å². The molecule has 0 amide bonds. The number of aromatic hydroxyl groups is 1. The van der Waals surface area contributed by atoms with Gasteiger partial charge in [0.25, 0.3) is 0 Å². The van der Waals surface area contributed by atoms with Gasteiger partial charge in [0.15, 0.2) is 11.5 Å². The van der Waals surface area contributed by atoms with E-state index in [0.29, 0.717) is 12.2 Å². The number of carbonyl (C=O) groups is 1. The molecule has 4 aliphatic rings. The number of phenolic OH excluding ortho intramolecular Hbond substituents is 1. The van der Waals surface area contributed by atoms with Crippen LogP contribution in [0.25, 0.3) is 0 Å². The number of aliphatic hydroxyl groups excluding tert-OH is 1. The van der Waals surface area contributed by atoms with Crippen LogP contribution < -0.4 is 10.1 Å². The lowest BCUT2D eigenvalue weighted by molar-refractivity contribution is -0.204. The number of ether oxygens (including phenoxy) is 2. The van der Waals surface area contributed by atoms with E-state index in [9.17, 15) is 20.1 Å². The van der Waals surface area contributed by atoms with Crippen LogP contribution in [0.15, 0.2) is 12.1 Å². The molecule has 0 radical (unpaired) electrons. The Morgan fingerprint density at radius 3 is 2.93 bits per heavy atom. The number of likely N-dealkylation sites (N-methyl/N-ethyl adjacent to an activating group) is 1. The fraction of sp³-hybridized carbons (Fsp3) is 0.667. The molecular weight excluding hydrogens is 376 g/mol. The first-order valence-electron chi connectivity index (χ1n) is 10.3. The van der Waals surface area contributed by atoms with Crippen molar-refractivity contribution in [3.8, 4) is 11.5 Å². The summed E-state index contributed by atoms with van der Waals surface area (Å²) in [5.41, 5.74) is 1.28. The average molecular weight is 404 g/mol. The third kappa shape index (κ3) is 2.20. The molecule has 2 bridgehead atoms. The summed E-state index contributed by atoms with van der Waals surface area (Å²) in [5, 5.41) is 32.7. The second-order valence-corrected chi connectivity index (χ2v) is 8.89. The Balaban J connectivity index is 1.68. The Labute approximate surface area is 169 Å². The monoisotopic (exact) mass is 404 g/mol. The maximum absolute atomic E-state index is 11.5. The summed E-state index contributed by atoms with van der Waals surface area (Å²) in [6.45, 7) is 0.384. The summed E-state index contributed by atoms with van der Waals surface area (Å²) in [6.07, 6.45) is 2.68. The smallest absolute Gasteiger partial charge is 0.323 e. The summed E-state index contributed by atoms with van der Waals surface area (Å²) < 4.78 is 12.8. The lowest BCUT2D eigenvalue weighted by atomic mass is 9.48. The Bertz CT molecular complexity index is 862. The molecule has 2 unspecified atom stereocenters. The molecule has 4 N–H and O–H groups in total. The number of carboxylic acid groups (broad SMARTS) is 1. The summed E-state index contributed by atoms with van der Waals surface area (Å²) in [7, 11) is 3.89.